The zero-order valence-electron chi connectivity index (χ0n) is 9.05. The summed E-state index contributed by atoms with van der Waals surface area (Å²) < 4.78 is 5.72. The Balaban J connectivity index is 2.30. The summed E-state index contributed by atoms with van der Waals surface area (Å²) in [7, 11) is 0. The molecule has 0 aliphatic carbocycles. The van der Waals surface area contributed by atoms with Crippen LogP contribution in [0.4, 0.5) is 5.69 Å². The standard InChI is InChI=1S/C13H11N3O/c14-13(15)16-8-5-6-10-9-3-1-2-4-11(9)17-12(10)7-8/h1-7H,(H4,14,15,16). The molecule has 0 atom stereocenters. The molecule has 84 valence electrons. The van der Waals surface area contributed by atoms with Gasteiger partial charge in [0.1, 0.15) is 11.2 Å². The summed E-state index contributed by atoms with van der Waals surface area (Å²) in [6, 6.07) is 13.6. The minimum Gasteiger partial charge on any atom is -0.456 e. The Morgan fingerprint density at radius 1 is 0.941 bits per heavy atom. The number of rotatable bonds is 1. The van der Waals surface area contributed by atoms with Gasteiger partial charge in [-0.2, -0.15) is 0 Å². The molecule has 0 radical (unpaired) electrons. The molecule has 0 fully saturated rings. The third kappa shape index (κ3) is 1.59. The third-order valence-electron chi connectivity index (χ3n) is 2.62. The SMILES string of the molecule is NC(N)=Nc1ccc2c(c1)oc1ccccc12. The number of furan rings is 1. The van der Waals surface area contributed by atoms with Gasteiger partial charge in [-0.15, -0.1) is 0 Å². The molecule has 3 aromatic rings. The summed E-state index contributed by atoms with van der Waals surface area (Å²) >= 11 is 0. The van der Waals surface area contributed by atoms with Gasteiger partial charge >= 0.3 is 0 Å². The molecule has 0 saturated heterocycles. The smallest absolute Gasteiger partial charge is 0.191 e. The summed E-state index contributed by atoms with van der Waals surface area (Å²) in [5.41, 5.74) is 13.0. The van der Waals surface area contributed by atoms with E-state index in [1.165, 1.54) is 0 Å². The van der Waals surface area contributed by atoms with E-state index in [1.807, 2.05) is 42.5 Å². The summed E-state index contributed by atoms with van der Waals surface area (Å²) in [5, 5.41) is 2.16. The van der Waals surface area contributed by atoms with E-state index in [-0.39, 0.29) is 5.96 Å². The zero-order valence-corrected chi connectivity index (χ0v) is 9.05. The minimum absolute atomic E-state index is 0.0421. The molecule has 3 rings (SSSR count). The van der Waals surface area contributed by atoms with Crippen LogP contribution in [-0.4, -0.2) is 5.96 Å². The predicted octanol–water partition coefficient (Wildman–Crippen LogP) is 2.49. The van der Waals surface area contributed by atoms with Gasteiger partial charge in [0, 0.05) is 16.8 Å². The van der Waals surface area contributed by atoms with Crippen molar-refractivity contribution in [3.05, 3.63) is 42.5 Å². The van der Waals surface area contributed by atoms with Gasteiger partial charge in [-0.05, 0) is 18.2 Å². The Morgan fingerprint density at radius 2 is 1.71 bits per heavy atom. The number of hydrogen-bond donors (Lipinski definition) is 2. The highest BCUT2D eigenvalue weighted by Crippen LogP contribution is 2.30. The highest BCUT2D eigenvalue weighted by molar-refractivity contribution is 6.05. The predicted molar refractivity (Wildman–Crippen MR) is 69.2 cm³/mol. The first kappa shape index (κ1) is 9.72. The number of nitrogens with two attached hydrogens (primary N) is 2. The minimum atomic E-state index is 0.0421. The molecule has 0 aliphatic rings. The van der Waals surface area contributed by atoms with Crippen molar-refractivity contribution in [2.45, 2.75) is 0 Å². The van der Waals surface area contributed by atoms with Gasteiger partial charge in [-0.3, -0.25) is 0 Å². The summed E-state index contributed by atoms with van der Waals surface area (Å²) in [6.07, 6.45) is 0. The van der Waals surface area contributed by atoms with Crippen LogP contribution in [0.3, 0.4) is 0 Å². The van der Waals surface area contributed by atoms with E-state index in [0.717, 1.165) is 21.9 Å². The van der Waals surface area contributed by atoms with Crippen molar-refractivity contribution in [3.63, 3.8) is 0 Å². The molecular formula is C13H11N3O. The Hall–Kier alpha value is -2.49. The maximum Gasteiger partial charge on any atom is 0.191 e. The Bertz CT molecular complexity index is 724. The summed E-state index contributed by atoms with van der Waals surface area (Å²) in [4.78, 5) is 3.99. The highest BCUT2D eigenvalue weighted by atomic mass is 16.3. The molecule has 4 N–H and O–H groups in total. The molecule has 1 aromatic heterocycles. The molecule has 4 heteroatoms. The quantitative estimate of drug-likeness (QED) is 0.493. The fraction of sp³-hybridized carbons (Fsp3) is 0. The Morgan fingerprint density at radius 3 is 2.53 bits per heavy atom. The Kier molecular flexibility index (Phi) is 2.01. The molecule has 0 saturated carbocycles. The van der Waals surface area contributed by atoms with E-state index in [9.17, 15) is 0 Å². The number of nitrogens with zero attached hydrogens (tertiary/aromatic N) is 1. The van der Waals surface area contributed by atoms with Crippen molar-refractivity contribution in [1.29, 1.82) is 0 Å². The maximum absolute atomic E-state index is 5.72. The van der Waals surface area contributed by atoms with E-state index in [1.54, 1.807) is 0 Å². The zero-order chi connectivity index (χ0) is 11.8. The topological polar surface area (TPSA) is 77.5 Å². The number of guanidine groups is 1. The van der Waals surface area contributed by atoms with Crippen LogP contribution in [0.15, 0.2) is 51.9 Å². The van der Waals surface area contributed by atoms with Crippen LogP contribution in [0.25, 0.3) is 21.9 Å². The number of hydrogen-bond acceptors (Lipinski definition) is 2. The van der Waals surface area contributed by atoms with E-state index in [2.05, 4.69) is 4.99 Å². The molecule has 0 amide bonds. The van der Waals surface area contributed by atoms with Gasteiger partial charge in [0.2, 0.25) is 0 Å². The fourth-order valence-corrected chi connectivity index (χ4v) is 1.93. The van der Waals surface area contributed by atoms with Crippen LogP contribution in [-0.2, 0) is 0 Å². The second-order valence-corrected chi connectivity index (χ2v) is 3.82. The van der Waals surface area contributed by atoms with Crippen LogP contribution >= 0.6 is 0 Å². The normalized spacial score (nSPS) is 10.8. The molecule has 0 aliphatic heterocycles. The van der Waals surface area contributed by atoms with Crippen molar-refractivity contribution in [2.75, 3.05) is 0 Å². The number of fused-ring (bicyclic) bond motifs is 3. The van der Waals surface area contributed by atoms with Crippen LogP contribution in [0.1, 0.15) is 0 Å². The highest BCUT2D eigenvalue weighted by Gasteiger charge is 2.06. The van der Waals surface area contributed by atoms with Gasteiger partial charge in [-0.1, -0.05) is 18.2 Å². The van der Waals surface area contributed by atoms with Crippen LogP contribution in [0, 0.1) is 0 Å². The first-order valence-electron chi connectivity index (χ1n) is 5.25. The Labute approximate surface area is 97.5 Å². The first-order chi connectivity index (χ1) is 8.24. The molecular weight excluding hydrogens is 214 g/mol. The lowest BCUT2D eigenvalue weighted by Gasteiger charge is -1.94. The molecule has 1 heterocycles. The van der Waals surface area contributed by atoms with Crippen molar-refractivity contribution >= 4 is 33.6 Å². The number of benzene rings is 2. The lowest BCUT2D eigenvalue weighted by molar-refractivity contribution is 0.669. The summed E-state index contributed by atoms with van der Waals surface area (Å²) in [5.74, 6) is 0.0421. The number of para-hydroxylation sites is 1. The van der Waals surface area contributed by atoms with Gasteiger partial charge in [0.05, 0.1) is 5.69 Å². The molecule has 0 spiro atoms. The van der Waals surface area contributed by atoms with E-state index >= 15 is 0 Å². The van der Waals surface area contributed by atoms with E-state index in [0.29, 0.717) is 5.69 Å². The van der Waals surface area contributed by atoms with Gasteiger partial charge in [0.15, 0.2) is 5.96 Å². The lowest BCUT2D eigenvalue weighted by Crippen LogP contribution is -2.21. The van der Waals surface area contributed by atoms with Crippen molar-refractivity contribution in [3.8, 4) is 0 Å². The molecule has 0 unspecified atom stereocenters. The van der Waals surface area contributed by atoms with E-state index in [4.69, 9.17) is 15.9 Å². The van der Waals surface area contributed by atoms with Crippen molar-refractivity contribution < 1.29 is 4.42 Å². The second kappa shape index (κ2) is 3.52. The molecule has 0 bridgehead atoms. The van der Waals surface area contributed by atoms with Crippen molar-refractivity contribution in [2.24, 2.45) is 16.5 Å². The maximum atomic E-state index is 5.72. The molecule has 17 heavy (non-hydrogen) atoms. The lowest BCUT2D eigenvalue weighted by atomic mass is 10.1. The summed E-state index contributed by atoms with van der Waals surface area (Å²) in [6.45, 7) is 0. The average Bonchev–Trinajstić information content (AvgIpc) is 2.65. The molecule has 4 nitrogen and oxygen atoms in total. The number of aliphatic imine (C=N–C) groups is 1. The van der Waals surface area contributed by atoms with Crippen molar-refractivity contribution in [1.82, 2.24) is 0 Å². The van der Waals surface area contributed by atoms with Crippen LogP contribution in [0.2, 0.25) is 0 Å². The van der Waals surface area contributed by atoms with Crippen LogP contribution < -0.4 is 11.5 Å². The molecule has 2 aromatic carbocycles. The monoisotopic (exact) mass is 225 g/mol. The second-order valence-electron chi connectivity index (χ2n) is 3.82. The van der Waals surface area contributed by atoms with Gasteiger partial charge in [-0.25, -0.2) is 4.99 Å². The largest absolute Gasteiger partial charge is 0.456 e. The fourth-order valence-electron chi connectivity index (χ4n) is 1.93. The third-order valence-corrected chi connectivity index (χ3v) is 2.62. The first-order valence-corrected chi connectivity index (χ1v) is 5.25. The van der Waals surface area contributed by atoms with E-state index < -0.39 is 0 Å². The van der Waals surface area contributed by atoms with Crippen LogP contribution in [0.5, 0.6) is 0 Å². The average molecular weight is 225 g/mol. The van der Waals surface area contributed by atoms with Gasteiger partial charge < -0.3 is 15.9 Å². The van der Waals surface area contributed by atoms with Gasteiger partial charge in [0.25, 0.3) is 0 Å².